The lowest BCUT2D eigenvalue weighted by molar-refractivity contribution is 0.228. The van der Waals surface area contributed by atoms with E-state index < -0.39 is 0 Å². The van der Waals surface area contributed by atoms with Gasteiger partial charge in [0.25, 0.3) is 0 Å². The molecule has 1 aromatic heterocycles. The van der Waals surface area contributed by atoms with Crippen LogP contribution in [-0.4, -0.2) is 29.5 Å². The van der Waals surface area contributed by atoms with Gasteiger partial charge in [0.2, 0.25) is 0 Å². The van der Waals surface area contributed by atoms with Gasteiger partial charge in [0.15, 0.2) is 0 Å². The maximum Gasteiger partial charge on any atom is 0.126 e. The number of rotatable bonds is 7. The lowest BCUT2D eigenvalue weighted by Gasteiger charge is -2.30. The fourth-order valence-corrected chi connectivity index (χ4v) is 2.56. The molecular weight excluding hydrogens is 272 g/mol. The van der Waals surface area contributed by atoms with E-state index in [4.69, 9.17) is 5.26 Å². The van der Waals surface area contributed by atoms with Gasteiger partial charge < -0.3 is 5.32 Å². The smallest absolute Gasteiger partial charge is 0.126 e. The molecule has 22 heavy (non-hydrogen) atoms. The van der Waals surface area contributed by atoms with Crippen LogP contribution < -0.4 is 5.32 Å². The molecule has 114 valence electrons. The number of benzene rings is 1. The molecular formula is C18H22N4. The van der Waals surface area contributed by atoms with E-state index in [0.717, 1.165) is 25.5 Å². The molecule has 1 N–H and O–H groups in total. The van der Waals surface area contributed by atoms with Gasteiger partial charge in [-0.25, -0.2) is 4.98 Å². The number of anilines is 1. The molecule has 0 radical (unpaired) electrons. The third-order valence-corrected chi connectivity index (χ3v) is 3.81. The van der Waals surface area contributed by atoms with Gasteiger partial charge in [-0.15, -0.1) is 0 Å². The summed E-state index contributed by atoms with van der Waals surface area (Å²) in [6.45, 7) is 7.14. The predicted molar refractivity (Wildman–Crippen MR) is 89.5 cm³/mol. The average molecular weight is 294 g/mol. The molecule has 0 aliphatic carbocycles. The Kier molecular flexibility index (Phi) is 5.93. The third kappa shape index (κ3) is 4.06. The van der Waals surface area contributed by atoms with Crippen molar-refractivity contribution in [1.82, 2.24) is 9.88 Å². The van der Waals surface area contributed by atoms with Crippen molar-refractivity contribution < 1.29 is 0 Å². The van der Waals surface area contributed by atoms with Crippen LogP contribution in [0.15, 0.2) is 48.7 Å². The number of aromatic nitrogens is 1. The topological polar surface area (TPSA) is 52.0 Å². The second kappa shape index (κ2) is 8.16. The highest BCUT2D eigenvalue weighted by atomic mass is 15.2. The molecule has 0 spiro atoms. The van der Waals surface area contributed by atoms with Crippen LogP contribution in [0.4, 0.5) is 5.82 Å². The van der Waals surface area contributed by atoms with Gasteiger partial charge in [0.05, 0.1) is 11.6 Å². The van der Waals surface area contributed by atoms with Crippen LogP contribution in [-0.2, 0) is 0 Å². The molecule has 4 heteroatoms. The molecule has 0 saturated heterocycles. The van der Waals surface area contributed by atoms with Gasteiger partial charge in [0, 0.05) is 12.7 Å². The average Bonchev–Trinajstić information content (AvgIpc) is 2.60. The number of nitriles is 1. The zero-order valence-corrected chi connectivity index (χ0v) is 13.2. The predicted octanol–water partition coefficient (Wildman–Crippen LogP) is 3.45. The zero-order chi connectivity index (χ0) is 15.8. The van der Waals surface area contributed by atoms with E-state index in [1.807, 2.05) is 12.1 Å². The molecule has 4 nitrogen and oxygen atoms in total. The number of nitrogens with zero attached hydrogens (tertiary/aromatic N) is 3. The number of hydrogen-bond acceptors (Lipinski definition) is 4. The molecule has 0 fully saturated rings. The maximum atomic E-state index is 8.81. The van der Waals surface area contributed by atoms with Crippen LogP contribution in [0.5, 0.6) is 0 Å². The van der Waals surface area contributed by atoms with Crippen LogP contribution in [0.3, 0.4) is 0 Å². The van der Waals surface area contributed by atoms with E-state index >= 15 is 0 Å². The summed E-state index contributed by atoms with van der Waals surface area (Å²) >= 11 is 0. The van der Waals surface area contributed by atoms with Crippen molar-refractivity contribution in [3.63, 3.8) is 0 Å². The lowest BCUT2D eigenvalue weighted by Crippen LogP contribution is -2.33. The highest BCUT2D eigenvalue weighted by Crippen LogP contribution is 2.20. The highest BCUT2D eigenvalue weighted by molar-refractivity contribution is 5.39. The Morgan fingerprint density at radius 1 is 1.14 bits per heavy atom. The van der Waals surface area contributed by atoms with Crippen molar-refractivity contribution in [2.45, 2.75) is 19.9 Å². The first-order valence-corrected chi connectivity index (χ1v) is 7.67. The lowest BCUT2D eigenvalue weighted by atomic mass is 10.1. The quantitative estimate of drug-likeness (QED) is 0.850. The summed E-state index contributed by atoms with van der Waals surface area (Å²) < 4.78 is 0. The van der Waals surface area contributed by atoms with Gasteiger partial charge in [-0.05, 0) is 30.8 Å². The van der Waals surface area contributed by atoms with E-state index in [1.165, 1.54) is 5.56 Å². The first kappa shape index (κ1) is 16.0. The monoisotopic (exact) mass is 294 g/mol. The Morgan fingerprint density at radius 2 is 1.86 bits per heavy atom. The molecule has 0 bridgehead atoms. The van der Waals surface area contributed by atoms with Gasteiger partial charge in [0.1, 0.15) is 11.9 Å². The van der Waals surface area contributed by atoms with Crippen LogP contribution in [0.2, 0.25) is 0 Å². The van der Waals surface area contributed by atoms with E-state index in [9.17, 15) is 0 Å². The van der Waals surface area contributed by atoms with Crippen LogP contribution in [0.1, 0.15) is 31.0 Å². The Morgan fingerprint density at radius 3 is 2.41 bits per heavy atom. The SMILES string of the molecule is CCN(CC)[C@H](CNc1ccc(C#N)cn1)c1ccccc1. The number of likely N-dealkylation sites (N-methyl/N-ethyl adjacent to an activating group) is 1. The molecule has 2 rings (SSSR count). The molecule has 1 aromatic carbocycles. The van der Waals surface area contributed by atoms with Crippen LogP contribution in [0, 0.1) is 11.3 Å². The molecule has 2 aromatic rings. The molecule has 0 saturated carbocycles. The van der Waals surface area contributed by atoms with Gasteiger partial charge in [-0.3, -0.25) is 4.90 Å². The molecule has 0 amide bonds. The summed E-state index contributed by atoms with van der Waals surface area (Å²) in [6.07, 6.45) is 1.59. The van der Waals surface area contributed by atoms with Crippen molar-refractivity contribution in [3.8, 4) is 6.07 Å². The zero-order valence-electron chi connectivity index (χ0n) is 13.2. The van der Waals surface area contributed by atoms with E-state index in [1.54, 1.807) is 12.3 Å². The second-order valence-corrected chi connectivity index (χ2v) is 5.07. The van der Waals surface area contributed by atoms with Crippen molar-refractivity contribution in [2.75, 3.05) is 25.0 Å². The van der Waals surface area contributed by atoms with E-state index in [2.05, 4.69) is 59.4 Å². The third-order valence-electron chi connectivity index (χ3n) is 3.81. The standard InChI is InChI=1S/C18H22N4/c1-3-22(4-2)17(16-8-6-5-7-9-16)14-21-18-11-10-15(12-19)13-20-18/h5-11,13,17H,3-4,14H2,1-2H3,(H,20,21)/t17-/m1/s1. The first-order valence-electron chi connectivity index (χ1n) is 7.67. The minimum absolute atomic E-state index is 0.300. The van der Waals surface area contributed by atoms with Crippen molar-refractivity contribution in [1.29, 1.82) is 5.26 Å². The fourth-order valence-electron chi connectivity index (χ4n) is 2.56. The summed E-state index contributed by atoms with van der Waals surface area (Å²) in [6, 6.07) is 16.5. The summed E-state index contributed by atoms with van der Waals surface area (Å²) in [5.74, 6) is 0.798. The molecule has 1 atom stereocenters. The Labute approximate surface area is 132 Å². The van der Waals surface area contributed by atoms with Gasteiger partial charge >= 0.3 is 0 Å². The van der Waals surface area contributed by atoms with E-state index in [-0.39, 0.29) is 0 Å². The fraction of sp³-hybridized carbons (Fsp3) is 0.333. The Bertz CT molecular complexity index is 597. The van der Waals surface area contributed by atoms with E-state index in [0.29, 0.717) is 11.6 Å². The van der Waals surface area contributed by atoms with Gasteiger partial charge in [-0.1, -0.05) is 44.2 Å². The summed E-state index contributed by atoms with van der Waals surface area (Å²) in [7, 11) is 0. The molecule has 1 heterocycles. The Balaban J connectivity index is 2.11. The summed E-state index contributed by atoms with van der Waals surface area (Å²) in [5.41, 5.74) is 1.88. The van der Waals surface area contributed by atoms with Gasteiger partial charge in [-0.2, -0.15) is 5.26 Å². The van der Waals surface area contributed by atoms with Crippen LogP contribution in [0.25, 0.3) is 0 Å². The first-order chi connectivity index (χ1) is 10.8. The summed E-state index contributed by atoms with van der Waals surface area (Å²) in [4.78, 5) is 6.70. The van der Waals surface area contributed by atoms with Crippen molar-refractivity contribution in [3.05, 3.63) is 59.8 Å². The number of nitrogens with one attached hydrogen (secondary N) is 1. The Hall–Kier alpha value is -2.38. The molecule has 0 aliphatic rings. The molecule has 0 unspecified atom stereocenters. The second-order valence-electron chi connectivity index (χ2n) is 5.07. The highest BCUT2D eigenvalue weighted by Gasteiger charge is 2.17. The number of hydrogen-bond donors (Lipinski definition) is 1. The van der Waals surface area contributed by atoms with Crippen molar-refractivity contribution >= 4 is 5.82 Å². The largest absolute Gasteiger partial charge is 0.368 e. The maximum absolute atomic E-state index is 8.81. The minimum atomic E-state index is 0.300. The van der Waals surface area contributed by atoms with Crippen LogP contribution >= 0.6 is 0 Å². The molecule has 0 aliphatic heterocycles. The number of pyridine rings is 1. The van der Waals surface area contributed by atoms with Crippen molar-refractivity contribution in [2.24, 2.45) is 0 Å². The normalized spacial score (nSPS) is 11.9. The minimum Gasteiger partial charge on any atom is -0.368 e. The summed E-state index contributed by atoms with van der Waals surface area (Å²) in [5, 5.41) is 12.2.